The predicted molar refractivity (Wildman–Crippen MR) is 108 cm³/mol. The number of nitrogens with one attached hydrogen (secondary N) is 1. The van der Waals surface area contributed by atoms with Crippen molar-refractivity contribution < 1.29 is 17.6 Å². The van der Waals surface area contributed by atoms with Crippen LogP contribution in [0.15, 0.2) is 42.5 Å². The maximum atomic E-state index is 13.0. The lowest BCUT2D eigenvalue weighted by atomic mass is 9.98. The quantitative estimate of drug-likeness (QED) is 0.789. The van der Waals surface area contributed by atoms with Crippen molar-refractivity contribution in [3.8, 4) is 0 Å². The van der Waals surface area contributed by atoms with E-state index in [9.17, 15) is 17.6 Å². The zero-order valence-corrected chi connectivity index (χ0v) is 17.1. The number of piperidine rings is 1. The van der Waals surface area contributed by atoms with Crippen LogP contribution in [0.1, 0.15) is 24.0 Å². The van der Waals surface area contributed by atoms with Crippen molar-refractivity contribution in [3.63, 3.8) is 0 Å². The van der Waals surface area contributed by atoms with E-state index in [0.717, 1.165) is 5.56 Å². The van der Waals surface area contributed by atoms with Gasteiger partial charge in [0.2, 0.25) is 15.9 Å². The highest BCUT2D eigenvalue weighted by Crippen LogP contribution is 2.24. The summed E-state index contributed by atoms with van der Waals surface area (Å²) in [6.07, 6.45) is 1.23. The molecule has 2 aromatic rings. The molecule has 8 heteroatoms. The molecule has 1 fully saturated rings. The minimum absolute atomic E-state index is 0.134. The van der Waals surface area contributed by atoms with Crippen molar-refractivity contribution in [1.82, 2.24) is 4.31 Å². The minimum atomic E-state index is -3.59. The fraction of sp³-hybridized carbons (Fsp3) is 0.350. The van der Waals surface area contributed by atoms with Crippen LogP contribution >= 0.6 is 11.6 Å². The van der Waals surface area contributed by atoms with Gasteiger partial charge in [0.15, 0.2) is 0 Å². The third-order valence-corrected chi connectivity index (χ3v) is 7.07. The average molecular weight is 425 g/mol. The summed E-state index contributed by atoms with van der Waals surface area (Å²) in [5.74, 6) is -1.28. The fourth-order valence-electron chi connectivity index (χ4n) is 3.21. The molecule has 5 nitrogen and oxygen atoms in total. The number of carbonyl (C=O) groups excluding carboxylic acids is 1. The second-order valence-corrected chi connectivity index (χ2v) is 9.41. The van der Waals surface area contributed by atoms with E-state index in [4.69, 9.17) is 11.6 Å². The van der Waals surface area contributed by atoms with Gasteiger partial charge in [-0.15, -0.1) is 0 Å². The van der Waals surface area contributed by atoms with E-state index in [1.807, 2.05) is 13.0 Å². The summed E-state index contributed by atoms with van der Waals surface area (Å²) in [5, 5.41) is 3.38. The molecular weight excluding hydrogens is 403 g/mol. The molecule has 0 saturated carbocycles. The van der Waals surface area contributed by atoms with Crippen LogP contribution in [0.4, 0.5) is 10.1 Å². The van der Waals surface area contributed by atoms with Gasteiger partial charge in [0.05, 0.1) is 11.7 Å². The summed E-state index contributed by atoms with van der Waals surface area (Å²) in [7, 11) is -3.59. The van der Waals surface area contributed by atoms with E-state index in [0.29, 0.717) is 35.7 Å². The summed E-state index contributed by atoms with van der Waals surface area (Å²) in [5.41, 5.74) is 2.02. The number of hydrogen-bond donors (Lipinski definition) is 1. The lowest BCUT2D eigenvalue weighted by molar-refractivity contribution is -0.120. The summed E-state index contributed by atoms with van der Waals surface area (Å²) >= 11 is 6.09. The van der Waals surface area contributed by atoms with E-state index in [-0.39, 0.29) is 18.2 Å². The maximum Gasteiger partial charge on any atom is 0.228 e. The monoisotopic (exact) mass is 424 g/mol. The van der Waals surface area contributed by atoms with E-state index < -0.39 is 21.8 Å². The first kappa shape index (κ1) is 20.8. The number of nitrogens with zero attached hydrogens (tertiary/aromatic N) is 1. The Hall–Kier alpha value is -1.96. The number of rotatable bonds is 5. The Morgan fingerprint density at radius 3 is 2.64 bits per heavy atom. The van der Waals surface area contributed by atoms with Gasteiger partial charge in [0.25, 0.3) is 0 Å². The molecule has 28 heavy (non-hydrogen) atoms. The lowest BCUT2D eigenvalue weighted by Gasteiger charge is -2.31. The molecule has 0 bridgehead atoms. The Bertz CT molecular complexity index is 964. The second-order valence-electron chi connectivity index (χ2n) is 7.03. The van der Waals surface area contributed by atoms with E-state index in [1.165, 1.54) is 28.6 Å². The zero-order chi connectivity index (χ0) is 20.3. The lowest BCUT2D eigenvalue weighted by Crippen LogP contribution is -2.44. The molecule has 0 radical (unpaired) electrons. The van der Waals surface area contributed by atoms with E-state index in [2.05, 4.69) is 5.32 Å². The summed E-state index contributed by atoms with van der Waals surface area (Å²) in [6.45, 7) is 2.39. The summed E-state index contributed by atoms with van der Waals surface area (Å²) in [6, 6.07) is 10.7. The van der Waals surface area contributed by atoms with Gasteiger partial charge in [-0.1, -0.05) is 29.8 Å². The number of sulfonamides is 1. The molecule has 1 heterocycles. The molecule has 0 aromatic heterocycles. The van der Waals surface area contributed by atoms with Crippen LogP contribution in [0.25, 0.3) is 0 Å². The van der Waals surface area contributed by atoms with Gasteiger partial charge in [0, 0.05) is 23.8 Å². The van der Waals surface area contributed by atoms with Crippen LogP contribution in [-0.2, 0) is 20.6 Å². The highest BCUT2D eigenvalue weighted by molar-refractivity contribution is 7.88. The largest absolute Gasteiger partial charge is 0.326 e. The molecular formula is C20H22ClFN2O3S. The molecule has 1 N–H and O–H groups in total. The van der Waals surface area contributed by atoms with Crippen LogP contribution in [-0.4, -0.2) is 31.7 Å². The third kappa shape index (κ3) is 5.10. The number of amides is 1. The van der Waals surface area contributed by atoms with Crippen molar-refractivity contribution in [2.45, 2.75) is 25.5 Å². The molecule has 150 valence electrons. The predicted octanol–water partition coefficient (Wildman–Crippen LogP) is 3.97. The zero-order valence-electron chi connectivity index (χ0n) is 15.5. The number of carbonyl (C=O) groups is 1. The molecule has 0 unspecified atom stereocenters. The van der Waals surface area contributed by atoms with Crippen LogP contribution in [0.3, 0.4) is 0 Å². The highest BCUT2D eigenvalue weighted by Gasteiger charge is 2.32. The molecule has 1 aliphatic heterocycles. The van der Waals surface area contributed by atoms with Gasteiger partial charge < -0.3 is 5.32 Å². The Kier molecular flexibility index (Phi) is 6.37. The number of anilines is 1. The molecule has 1 aliphatic rings. The topological polar surface area (TPSA) is 66.5 Å². The van der Waals surface area contributed by atoms with Crippen LogP contribution in [0.5, 0.6) is 0 Å². The van der Waals surface area contributed by atoms with Gasteiger partial charge >= 0.3 is 0 Å². The fourth-order valence-corrected chi connectivity index (χ4v) is 5.00. The Morgan fingerprint density at radius 2 is 1.96 bits per heavy atom. The van der Waals surface area contributed by atoms with Crippen molar-refractivity contribution in [1.29, 1.82) is 0 Å². The molecule has 3 rings (SSSR count). The normalized spacial score (nSPS) is 18.0. The Morgan fingerprint density at radius 1 is 1.25 bits per heavy atom. The van der Waals surface area contributed by atoms with Gasteiger partial charge in [0.1, 0.15) is 5.82 Å². The maximum absolute atomic E-state index is 13.0. The van der Waals surface area contributed by atoms with E-state index >= 15 is 0 Å². The first-order valence-electron chi connectivity index (χ1n) is 9.04. The molecule has 0 aliphatic carbocycles. The van der Waals surface area contributed by atoms with Crippen molar-refractivity contribution in [3.05, 3.63) is 64.4 Å². The Balaban J connectivity index is 1.66. The van der Waals surface area contributed by atoms with Crippen molar-refractivity contribution >= 4 is 33.2 Å². The minimum Gasteiger partial charge on any atom is -0.326 e. The number of hydrogen-bond acceptors (Lipinski definition) is 3. The first-order chi connectivity index (χ1) is 13.2. The first-order valence-corrected chi connectivity index (χ1v) is 11.0. The van der Waals surface area contributed by atoms with Crippen molar-refractivity contribution in [2.24, 2.45) is 5.92 Å². The van der Waals surface area contributed by atoms with Gasteiger partial charge in [-0.2, -0.15) is 0 Å². The van der Waals surface area contributed by atoms with Gasteiger partial charge in [-0.05, 0) is 55.2 Å². The molecule has 1 saturated heterocycles. The molecule has 0 spiro atoms. The molecule has 2 aromatic carbocycles. The summed E-state index contributed by atoms with van der Waals surface area (Å²) < 4.78 is 39.8. The van der Waals surface area contributed by atoms with Crippen LogP contribution in [0.2, 0.25) is 5.02 Å². The smallest absolute Gasteiger partial charge is 0.228 e. The van der Waals surface area contributed by atoms with Crippen LogP contribution < -0.4 is 5.32 Å². The number of halogens is 2. The third-order valence-electron chi connectivity index (χ3n) is 4.85. The van der Waals surface area contributed by atoms with Gasteiger partial charge in [-0.25, -0.2) is 17.1 Å². The standard InChI is InChI=1S/C20H22ClFN2O3S/c1-14-4-9-18(11-19(14)21)23-20(25)16-3-2-10-24(12-16)28(26,27)13-15-5-7-17(22)8-6-15/h4-9,11,16H,2-3,10,12-13H2,1H3,(H,23,25)/t16-/m0/s1. The second kappa shape index (κ2) is 8.59. The Labute approximate surface area is 169 Å². The highest BCUT2D eigenvalue weighted by atomic mass is 35.5. The van der Waals surface area contributed by atoms with E-state index in [1.54, 1.807) is 12.1 Å². The van der Waals surface area contributed by atoms with Crippen LogP contribution in [0, 0.1) is 18.7 Å². The number of aryl methyl sites for hydroxylation is 1. The van der Waals surface area contributed by atoms with Gasteiger partial charge in [-0.3, -0.25) is 4.79 Å². The average Bonchev–Trinajstić information content (AvgIpc) is 2.66. The summed E-state index contributed by atoms with van der Waals surface area (Å²) in [4.78, 5) is 12.6. The number of benzene rings is 2. The van der Waals surface area contributed by atoms with Crippen molar-refractivity contribution in [2.75, 3.05) is 18.4 Å². The molecule has 1 amide bonds. The SMILES string of the molecule is Cc1ccc(NC(=O)[C@H]2CCCN(S(=O)(=O)Cc3ccc(F)cc3)C2)cc1Cl. The molecule has 1 atom stereocenters.